The van der Waals surface area contributed by atoms with Crippen LogP contribution in [0.25, 0.3) is 0 Å². The molecule has 0 heteroatoms. The highest BCUT2D eigenvalue weighted by Crippen LogP contribution is 2.30. The zero-order chi connectivity index (χ0) is 16.8. The van der Waals surface area contributed by atoms with Gasteiger partial charge in [0, 0.05) is 0 Å². The van der Waals surface area contributed by atoms with Gasteiger partial charge in [-0.25, -0.2) is 0 Å². The second-order valence-electron chi connectivity index (χ2n) is 6.81. The average Bonchev–Trinajstić information content (AvgIpc) is 2.63. The van der Waals surface area contributed by atoms with Crippen LogP contribution in [-0.4, -0.2) is 0 Å². The molecule has 0 spiro atoms. The van der Waals surface area contributed by atoms with E-state index in [0.717, 1.165) is 12.8 Å². The van der Waals surface area contributed by atoms with E-state index >= 15 is 0 Å². The van der Waals surface area contributed by atoms with Gasteiger partial charge < -0.3 is 0 Å². The third-order valence-electron chi connectivity index (χ3n) is 4.83. The van der Waals surface area contributed by atoms with Gasteiger partial charge in [0.1, 0.15) is 0 Å². The Bertz CT molecular complexity index is 677. The second kappa shape index (κ2) is 7.97. The summed E-state index contributed by atoms with van der Waals surface area (Å²) in [7, 11) is 0. The van der Waals surface area contributed by atoms with Crippen LogP contribution in [0.4, 0.5) is 0 Å². The summed E-state index contributed by atoms with van der Waals surface area (Å²) in [5, 5.41) is 0. The summed E-state index contributed by atoms with van der Waals surface area (Å²) in [6.45, 7) is 4.70. The molecule has 3 aromatic rings. The summed E-state index contributed by atoms with van der Waals surface area (Å²) in [6.07, 6.45) is 2.19. The molecule has 0 radical (unpaired) electrons. The maximum Gasteiger partial charge on any atom is -0.0147 e. The fourth-order valence-electron chi connectivity index (χ4n) is 3.56. The van der Waals surface area contributed by atoms with E-state index in [1.54, 1.807) is 0 Å². The number of rotatable bonds is 6. The zero-order valence-electron chi connectivity index (χ0n) is 14.7. The second-order valence-corrected chi connectivity index (χ2v) is 6.81. The molecule has 2 unspecified atom stereocenters. The van der Waals surface area contributed by atoms with E-state index in [9.17, 15) is 0 Å². The van der Waals surface area contributed by atoms with Gasteiger partial charge >= 0.3 is 0 Å². The summed E-state index contributed by atoms with van der Waals surface area (Å²) >= 11 is 0. The molecule has 0 heterocycles. The predicted molar refractivity (Wildman–Crippen MR) is 104 cm³/mol. The maximum absolute atomic E-state index is 2.35. The van der Waals surface area contributed by atoms with Crippen molar-refractivity contribution in [1.82, 2.24) is 0 Å². The summed E-state index contributed by atoms with van der Waals surface area (Å²) < 4.78 is 0. The van der Waals surface area contributed by atoms with E-state index < -0.39 is 0 Å². The molecule has 0 N–H and O–H groups in total. The molecule has 0 aliphatic carbocycles. The van der Waals surface area contributed by atoms with Gasteiger partial charge in [0.2, 0.25) is 0 Å². The molecule has 3 rings (SSSR count). The lowest BCUT2D eigenvalue weighted by atomic mass is 9.84. The van der Waals surface area contributed by atoms with Crippen molar-refractivity contribution in [2.24, 2.45) is 0 Å². The van der Waals surface area contributed by atoms with Crippen molar-refractivity contribution in [3.05, 3.63) is 107 Å². The van der Waals surface area contributed by atoms with Crippen LogP contribution in [0.1, 0.15) is 47.9 Å². The van der Waals surface area contributed by atoms with Crippen LogP contribution >= 0.6 is 0 Å². The molecular weight excluding hydrogens is 288 g/mol. The first-order valence-corrected chi connectivity index (χ1v) is 8.90. The Morgan fingerprint density at radius 2 is 0.833 bits per heavy atom. The lowest BCUT2D eigenvalue weighted by Gasteiger charge is -2.21. The first kappa shape index (κ1) is 16.5. The van der Waals surface area contributed by atoms with Gasteiger partial charge in [-0.3, -0.25) is 0 Å². The maximum atomic E-state index is 2.35. The number of hydrogen-bond acceptors (Lipinski definition) is 0. The van der Waals surface area contributed by atoms with Crippen molar-refractivity contribution < 1.29 is 0 Å². The Balaban J connectivity index is 1.79. The van der Waals surface area contributed by atoms with E-state index in [2.05, 4.69) is 98.8 Å². The van der Waals surface area contributed by atoms with Gasteiger partial charge in [0.05, 0.1) is 0 Å². The van der Waals surface area contributed by atoms with Crippen molar-refractivity contribution in [3.63, 3.8) is 0 Å². The molecule has 0 aromatic heterocycles. The highest BCUT2D eigenvalue weighted by molar-refractivity contribution is 5.35. The smallest absolute Gasteiger partial charge is 0.0147 e. The molecule has 0 nitrogen and oxygen atoms in total. The van der Waals surface area contributed by atoms with Crippen LogP contribution in [-0.2, 0) is 12.8 Å². The monoisotopic (exact) mass is 314 g/mol. The standard InChI is InChI=1S/C24H26/c1-19(17-21-11-5-3-6-12-21)23-15-9-10-16-24(23)20(2)18-22-13-7-4-8-14-22/h3-16,19-20H,17-18H2,1-2H3. The summed E-state index contributed by atoms with van der Waals surface area (Å²) in [6, 6.07) is 30.6. The molecule has 24 heavy (non-hydrogen) atoms. The summed E-state index contributed by atoms with van der Waals surface area (Å²) in [5.74, 6) is 1.06. The molecule has 122 valence electrons. The largest absolute Gasteiger partial charge is 0.0622 e. The SMILES string of the molecule is CC(Cc1ccccc1)c1ccccc1C(C)Cc1ccccc1. The topological polar surface area (TPSA) is 0 Å². The van der Waals surface area contributed by atoms with E-state index in [1.165, 1.54) is 22.3 Å². The van der Waals surface area contributed by atoms with Gasteiger partial charge in [-0.05, 0) is 46.9 Å². The van der Waals surface area contributed by atoms with Crippen molar-refractivity contribution in [2.45, 2.75) is 38.5 Å². The molecule has 0 saturated carbocycles. The minimum atomic E-state index is 0.529. The molecule has 0 fully saturated rings. The van der Waals surface area contributed by atoms with Crippen molar-refractivity contribution in [2.75, 3.05) is 0 Å². The molecule has 0 bridgehead atoms. The van der Waals surface area contributed by atoms with E-state index in [0.29, 0.717) is 11.8 Å². The summed E-state index contributed by atoms with van der Waals surface area (Å²) in [5.41, 5.74) is 5.81. The zero-order valence-corrected chi connectivity index (χ0v) is 14.7. The van der Waals surface area contributed by atoms with Gasteiger partial charge in [-0.15, -0.1) is 0 Å². The van der Waals surface area contributed by atoms with Crippen molar-refractivity contribution in [1.29, 1.82) is 0 Å². The average molecular weight is 314 g/mol. The highest BCUT2D eigenvalue weighted by atomic mass is 14.2. The van der Waals surface area contributed by atoms with Crippen molar-refractivity contribution >= 4 is 0 Å². The van der Waals surface area contributed by atoms with E-state index in [1.807, 2.05) is 0 Å². The Morgan fingerprint density at radius 1 is 0.500 bits per heavy atom. The van der Waals surface area contributed by atoms with Gasteiger partial charge in [-0.1, -0.05) is 98.8 Å². The first-order chi connectivity index (χ1) is 11.7. The number of benzene rings is 3. The van der Waals surface area contributed by atoms with Gasteiger partial charge in [0.15, 0.2) is 0 Å². The van der Waals surface area contributed by atoms with Gasteiger partial charge in [0.25, 0.3) is 0 Å². The summed E-state index contributed by atoms with van der Waals surface area (Å²) in [4.78, 5) is 0. The van der Waals surface area contributed by atoms with E-state index in [-0.39, 0.29) is 0 Å². The molecule has 0 saturated heterocycles. The van der Waals surface area contributed by atoms with E-state index in [4.69, 9.17) is 0 Å². The fraction of sp³-hybridized carbons (Fsp3) is 0.250. The minimum absolute atomic E-state index is 0.529. The lowest BCUT2D eigenvalue weighted by Crippen LogP contribution is -2.07. The van der Waals surface area contributed by atoms with Crippen LogP contribution < -0.4 is 0 Å². The Labute approximate surface area is 146 Å². The Morgan fingerprint density at radius 3 is 1.21 bits per heavy atom. The normalized spacial score (nSPS) is 13.4. The number of hydrogen-bond donors (Lipinski definition) is 0. The third-order valence-corrected chi connectivity index (χ3v) is 4.83. The third kappa shape index (κ3) is 4.14. The molecular formula is C24H26. The van der Waals surface area contributed by atoms with Crippen LogP contribution in [0.3, 0.4) is 0 Å². The molecule has 0 aliphatic rings. The molecule has 2 atom stereocenters. The lowest BCUT2D eigenvalue weighted by molar-refractivity contribution is 0.699. The van der Waals surface area contributed by atoms with Gasteiger partial charge in [-0.2, -0.15) is 0 Å². The Kier molecular flexibility index (Phi) is 5.48. The highest BCUT2D eigenvalue weighted by Gasteiger charge is 2.15. The predicted octanol–water partition coefficient (Wildman–Crippen LogP) is 6.38. The molecule has 3 aromatic carbocycles. The minimum Gasteiger partial charge on any atom is -0.0622 e. The quantitative estimate of drug-likeness (QED) is 0.495. The molecule has 0 aliphatic heterocycles. The van der Waals surface area contributed by atoms with Crippen LogP contribution in [0, 0.1) is 0 Å². The first-order valence-electron chi connectivity index (χ1n) is 8.90. The van der Waals surface area contributed by atoms with Crippen LogP contribution in [0.2, 0.25) is 0 Å². The van der Waals surface area contributed by atoms with Crippen molar-refractivity contribution in [3.8, 4) is 0 Å². The molecule has 0 amide bonds. The van der Waals surface area contributed by atoms with Crippen LogP contribution in [0.5, 0.6) is 0 Å². The fourth-order valence-corrected chi connectivity index (χ4v) is 3.56. The van der Waals surface area contributed by atoms with Crippen LogP contribution in [0.15, 0.2) is 84.9 Å². The Hall–Kier alpha value is -2.34.